The molecular formula is C11H10N4O4. The number of carbonyl (C=O) groups excluding carboxylic acids is 1. The molecule has 98 valence electrons. The molecule has 0 bridgehead atoms. The lowest BCUT2D eigenvalue weighted by Crippen LogP contribution is -2.24. The molecule has 0 aromatic carbocycles. The summed E-state index contributed by atoms with van der Waals surface area (Å²) >= 11 is 0. The van der Waals surface area contributed by atoms with E-state index < -0.39 is 10.8 Å². The molecule has 2 rings (SSSR count). The predicted octanol–water partition coefficient (Wildman–Crippen LogP) is 1.09. The normalized spacial score (nSPS) is 10.1. The fraction of sp³-hybridized carbons (Fsp3) is 0.0909. The number of hydrogen-bond donors (Lipinski definition) is 2. The lowest BCUT2D eigenvalue weighted by atomic mass is 10.2. The zero-order chi connectivity index (χ0) is 13.8. The summed E-state index contributed by atoms with van der Waals surface area (Å²) in [7, 11) is 0. The Morgan fingerprint density at radius 2 is 2.37 bits per heavy atom. The van der Waals surface area contributed by atoms with Crippen molar-refractivity contribution in [2.45, 2.75) is 6.54 Å². The number of anilines is 1. The van der Waals surface area contributed by atoms with Gasteiger partial charge in [0.05, 0.1) is 23.3 Å². The van der Waals surface area contributed by atoms with Crippen LogP contribution in [0.2, 0.25) is 0 Å². The fourth-order valence-corrected chi connectivity index (χ4v) is 1.42. The van der Waals surface area contributed by atoms with Crippen molar-refractivity contribution in [3.05, 3.63) is 52.1 Å². The maximum atomic E-state index is 11.8. The van der Waals surface area contributed by atoms with Crippen LogP contribution < -0.4 is 11.1 Å². The summed E-state index contributed by atoms with van der Waals surface area (Å²) in [6.07, 6.45) is 2.48. The number of aromatic nitrogens is 1. The van der Waals surface area contributed by atoms with Crippen LogP contribution in [0.4, 0.5) is 11.5 Å². The molecule has 0 radical (unpaired) electrons. The monoisotopic (exact) mass is 262 g/mol. The van der Waals surface area contributed by atoms with Crippen LogP contribution in [-0.2, 0) is 6.54 Å². The third kappa shape index (κ3) is 2.86. The van der Waals surface area contributed by atoms with Gasteiger partial charge in [-0.1, -0.05) is 0 Å². The van der Waals surface area contributed by atoms with Gasteiger partial charge >= 0.3 is 0 Å². The van der Waals surface area contributed by atoms with Gasteiger partial charge in [-0.05, 0) is 12.1 Å². The quantitative estimate of drug-likeness (QED) is 0.627. The predicted molar refractivity (Wildman–Crippen MR) is 65.2 cm³/mol. The first kappa shape index (κ1) is 12.6. The molecule has 0 spiro atoms. The lowest BCUT2D eigenvalue weighted by molar-refractivity contribution is -0.385. The van der Waals surface area contributed by atoms with Crippen LogP contribution in [0.25, 0.3) is 0 Å². The third-order valence-corrected chi connectivity index (χ3v) is 2.36. The van der Waals surface area contributed by atoms with E-state index in [2.05, 4.69) is 10.3 Å². The Hall–Kier alpha value is -2.90. The molecule has 0 saturated heterocycles. The summed E-state index contributed by atoms with van der Waals surface area (Å²) in [5, 5.41) is 13.1. The highest BCUT2D eigenvalue weighted by atomic mass is 16.6. The molecule has 0 atom stereocenters. The van der Waals surface area contributed by atoms with Crippen LogP contribution in [0.5, 0.6) is 0 Å². The minimum absolute atomic E-state index is 0.0410. The number of rotatable bonds is 4. The van der Waals surface area contributed by atoms with Crippen LogP contribution >= 0.6 is 0 Å². The van der Waals surface area contributed by atoms with E-state index in [0.717, 1.165) is 12.3 Å². The summed E-state index contributed by atoms with van der Waals surface area (Å²) in [5.41, 5.74) is 5.19. The number of nitrogens with two attached hydrogens (primary N) is 1. The van der Waals surface area contributed by atoms with E-state index >= 15 is 0 Å². The van der Waals surface area contributed by atoms with Gasteiger partial charge < -0.3 is 15.5 Å². The highest BCUT2D eigenvalue weighted by Gasteiger charge is 2.16. The van der Waals surface area contributed by atoms with Crippen molar-refractivity contribution in [3.63, 3.8) is 0 Å². The largest absolute Gasteiger partial charge is 0.467 e. The third-order valence-electron chi connectivity index (χ3n) is 2.36. The van der Waals surface area contributed by atoms with E-state index in [1.54, 1.807) is 12.1 Å². The number of nitro groups is 1. The van der Waals surface area contributed by atoms with Crippen LogP contribution in [0.1, 0.15) is 16.1 Å². The van der Waals surface area contributed by atoms with Crippen LogP contribution in [0.15, 0.2) is 35.1 Å². The summed E-state index contributed by atoms with van der Waals surface area (Å²) in [5.74, 6) is -0.0574. The van der Waals surface area contributed by atoms with Crippen LogP contribution in [-0.4, -0.2) is 15.8 Å². The first-order chi connectivity index (χ1) is 9.08. The van der Waals surface area contributed by atoms with Gasteiger partial charge in [-0.15, -0.1) is 0 Å². The van der Waals surface area contributed by atoms with Crippen LogP contribution in [0, 0.1) is 10.1 Å². The molecule has 0 saturated carbocycles. The van der Waals surface area contributed by atoms with Gasteiger partial charge in [0.25, 0.3) is 11.6 Å². The second kappa shape index (κ2) is 5.17. The molecule has 0 aliphatic carbocycles. The molecule has 3 N–H and O–H groups in total. The molecule has 19 heavy (non-hydrogen) atoms. The molecule has 0 aliphatic heterocycles. The minimum Gasteiger partial charge on any atom is -0.467 e. The average Bonchev–Trinajstić information content (AvgIpc) is 2.89. The highest BCUT2D eigenvalue weighted by Crippen LogP contribution is 2.16. The molecule has 8 nitrogen and oxygen atoms in total. The maximum Gasteiger partial charge on any atom is 0.288 e. The SMILES string of the molecule is Nc1ncc([N+](=O)[O-])cc1C(=O)NCc1ccco1. The number of amides is 1. The van der Waals surface area contributed by atoms with Gasteiger partial charge in [0.1, 0.15) is 17.8 Å². The van der Waals surface area contributed by atoms with Crippen LogP contribution in [0.3, 0.4) is 0 Å². The van der Waals surface area contributed by atoms with E-state index in [1.165, 1.54) is 6.26 Å². The smallest absolute Gasteiger partial charge is 0.288 e. The molecule has 0 unspecified atom stereocenters. The summed E-state index contributed by atoms with van der Waals surface area (Å²) in [6, 6.07) is 4.46. The zero-order valence-electron chi connectivity index (χ0n) is 9.70. The van der Waals surface area contributed by atoms with Gasteiger partial charge in [-0.2, -0.15) is 0 Å². The van der Waals surface area contributed by atoms with Crippen molar-refractivity contribution >= 4 is 17.4 Å². The van der Waals surface area contributed by atoms with E-state index in [9.17, 15) is 14.9 Å². The van der Waals surface area contributed by atoms with Crippen molar-refractivity contribution in [2.24, 2.45) is 0 Å². The average molecular weight is 262 g/mol. The Morgan fingerprint density at radius 1 is 1.58 bits per heavy atom. The molecule has 1 amide bonds. The number of carbonyl (C=O) groups is 1. The van der Waals surface area contributed by atoms with E-state index in [0.29, 0.717) is 5.76 Å². The second-order valence-corrected chi connectivity index (χ2v) is 3.65. The Balaban J connectivity index is 2.14. The Labute approximate surface area is 107 Å². The zero-order valence-corrected chi connectivity index (χ0v) is 9.70. The summed E-state index contributed by atoms with van der Waals surface area (Å²) in [6.45, 7) is 0.161. The lowest BCUT2D eigenvalue weighted by Gasteiger charge is -2.05. The Morgan fingerprint density at radius 3 is 3.00 bits per heavy atom. The molecule has 0 fully saturated rings. The standard InChI is InChI=1S/C11H10N4O4/c12-10-9(4-7(5-13-10)15(17)18)11(16)14-6-8-2-1-3-19-8/h1-5H,6H2,(H2,12,13)(H,14,16). The Kier molecular flexibility index (Phi) is 3.42. The number of furan rings is 1. The molecule has 2 aromatic heterocycles. The molecule has 2 heterocycles. The van der Waals surface area contributed by atoms with Crippen molar-refractivity contribution < 1.29 is 14.1 Å². The van der Waals surface area contributed by atoms with Gasteiger partial charge in [0.15, 0.2) is 0 Å². The molecule has 0 aliphatic rings. The topological polar surface area (TPSA) is 124 Å². The molecule has 2 aromatic rings. The van der Waals surface area contributed by atoms with Crippen molar-refractivity contribution in [2.75, 3.05) is 5.73 Å². The molecule has 8 heteroatoms. The van der Waals surface area contributed by atoms with Gasteiger partial charge in [-0.3, -0.25) is 14.9 Å². The number of hydrogen-bond acceptors (Lipinski definition) is 6. The summed E-state index contributed by atoms with van der Waals surface area (Å²) in [4.78, 5) is 25.4. The fourth-order valence-electron chi connectivity index (χ4n) is 1.42. The van der Waals surface area contributed by atoms with E-state index in [-0.39, 0.29) is 23.6 Å². The first-order valence-electron chi connectivity index (χ1n) is 5.28. The summed E-state index contributed by atoms with van der Waals surface area (Å²) < 4.78 is 5.04. The highest BCUT2D eigenvalue weighted by molar-refractivity contribution is 5.98. The van der Waals surface area contributed by atoms with Gasteiger partial charge in [0, 0.05) is 6.07 Å². The maximum absolute atomic E-state index is 11.8. The number of nitrogen functional groups attached to an aromatic ring is 1. The van der Waals surface area contributed by atoms with E-state index in [4.69, 9.17) is 10.2 Å². The number of nitrogens with zero attached hydrogens (tertiary/aromatic N) is 2. The number of nitrogens with one attached hydrogen (secondary N) is 1. The van der Waals surface area contributed by atoms with Gasteiger partial charge in [0.2, 0.25) is 0 Å². The van der Waals surface area contributed by atoms with Crippen molar-refractivity contribution in [1.29, 1.82) is 0 Å². The first-order valence-corrected chi connectivity index (χ1v) is 5.28. The van der Waals surface area contributed by atoms with Gasteiger partial charge in [-0.25, -0.2) is 4.98 Å². The van der Waals surface area contributed by atoms with Crippen molar-refractivity contribution in [3.8, 4) is 0 Å². The minimum atomic E-state index is -0.643. The number of pyridine rings is 1. The van der Waals surface area contributed by atoms with E-state index in [1.807, 2.05) is 0 Å². The second-order valence-electron chi connectivity index (χ2n) is 3.65. The van der Waals surface area contributed by atoms with Crippen molar-refractivity contribution in [1.82, 2.24) is 10.3 Å². The Bertz CT molecular complexity index is 609. The molecular weight excluding hydrogens is 252 g/mol.